The second-order valence-corrected chi connectivity index (χ2v) is 25.2. The minimum atomic E-state index is -1.64. The highest BCUT2D eigenvalue weighted by atomic mass is 29.3. The topological polar surface area (TPSA) is 24.7 Å². The van der Waals surface area contributed by atoms with Gasteiger partial charge in [-0.3, -0.25) is 0 Å². The van der Waals surface area contributed by atoms with E-state index < -0.39 is 15.2 Å². The van der Waals surface area contributed by atoms with Crippen molar-refractivity contribution >= 4 is 37.5 Å². The van der Waals surface area contributed by atoms with Crippen LogP contribution in [0.3, 0.4) is 0 Å². The van der Waals surface area contributed by atoms with Crippen molar-refractivity contribution in [2.45, 2.75) is 26.2 Å². The Morgan fingerprint density at radius 2 is 0.941 bits per heavy atom. The summed E-state index contributed by atoms with van der Waals surface area (Å²) in [4.78, 5) is 0. The summed E-state index contributed by atoms with van der Waals surface area (Å²) in [5.41, 5.74) is 6.79. The number of hydrogen-bond acceptors (Lipinski definition) is 2. The molecule has 1 aliphatic rings. The molecule has 0 spiro atoms. The van der Waals surface area contributed by atoms with E-state index in [9.17, 15) is 0 Å². The van der Waals surface area contributed by atoms with Crippen molar-refractivity contribution in [3.05, 3.63) is 120 Å². The van der Waals surface area contributed by atoms with Gasteiger partial charge in [-0.2, -0.15) is 5.10 Å². The molecule has 34 heavy (non-hydrogen) atoms. The molecule has 0 saturated heterocycles. The Morgan fingerprint density at radius 1 is 0.500 bits per heavy atom. The summed E-state index contributed by atoms with van der Waals surface area (Å²) >= 11 is 0. The monoisotopic (exact) mass is 474 g/mol. The minimum Gasteiger partial charge on any atom is -0.158 e. The molecule has 0 atom stereocenters. The Balaban J connectivity index is 1.40. The third-order valence-electron chi connectivity index (χ3n) is 7.71. The zero-order valence-corrected chi connectivity index (χ0v) is 22.3. The van der Waals surface area contributed by atoms with E-state index in [4.69, 9.17) is 0 Å². The average molecular weight is 475 g/mol. The van der Waals surface area contributed by atoms with Crippen LogP contribution in [0.2, 0.25) is 26.2 Å². The van der Waals surface area contributed by atoms with Crippen LogP contribution in [0.5, 0.6) is 0 Å². The number of benzene rings is 4. The van der Waals surface area contributed by atoms with Crippen molar-refractivity contribution in [3.8, 4) is 11.1 Å². The van der Waals surface area contributed by atoms with Crippen LogP contribution in [0.4, 0.5) is 0 Å². The van der Waals surface area contributed by atoms with E-state index in [-0.39, 0.29) is 0 Å². The van der Waals surface area contributed by atoms with Crippen LogP contribution in [0, 0.1) is 0 Å². The van der Waals surface area contributed by atoms with Gasteiger partial charge in [0, 0.05) is 11.1 Å². The van der Waals surface area contributed by atoms with E-state index in [1.807, 2.05) is 6.21 Å². The zero-order chi connectivity index (χ0) is 23.8. The first kappa shape index (κ1) is 22.4. The lowest BCUT2D eigenvalue weighted by Crippen LogP contribution is -2.69. The van der Waals surface area contributed by atoms with E-state index in [1.165, 1.54) is 16.3 Å². The molecule has 0 radical (unpaired) electrons. The molecule has 0 unspecified atom stereocenters. The summed E-state index contributed by atoms with van der Waals surface area (Å²) in [6.45, 7) is 10.1. The molecule has 0 N–H and O–H groups in total. The Hall–Kier alpha value is -3.35. The predicted molar refractivity (Wildman–Crippen MR) is 152 cm³/mol. The molecule has 168 valence electrons. The molecule has 0 bridgehead atoms. The van der Waals surface area contributed by atoms with E-state index in [0.29, 0.717) is 0 Å². The summed E-state index contributed by atoms with van der Waals surface area (Å²) < 4.78 is 0. The van der Waals surface area contributed by atoms with Crippen molar-refractivity contribution in [2.75, 3.05) is 0 Å². The quantitative estimate of drug-likeness (QED) is 0.166. The maximum Gasteiger partial charge on any atom is 0.101 e. The van der Waals surface area contributed by atoms with E-state index in [0.717, 1.165) is 22.4 Å². The molecule has 4 heteroatoms. The molecule has 0 heterocycles. The summed E-state index contributed by atoms with van der Waals surface area (Å²) in [5.74, 6) is 0. The Bertz CT molecular complexity index is 1340. The summed E-state index contributed by atoms with van der Waals surface area (Å²) in [5, 5.41) is 12.2. The van der Waals surface area contributed by atoms with Gasteiger partial charge < -0.3 is 0 Å². The van der Waals surface area contributed by atoms with Gasteiger partial charge in [0.25, 0.3) is 0 Å². The summed E-state index contributed by atoms with van der Waals surface area (Å²) in [7, 11) is -3.23. The van der Waals surface area contributed by atoms with Gasteiger partial charge >= 0.3 is 0 Å². The fourth-order valence-corrected chi connectivity index (χ4v) is 13.6. The fourth-order valence-electron chi connectivity index (χ4n) is 4.82. The van der Waals surface area contributed by atoms with Gasteiger partial charge in [-0.25, -0.2) is 0 Å². The highest BCUT2D eigenvalue weighted by Crippen LogP contribution is 2.36. The van der Waals surface area contributed by atoms with Gasteiger partial charge in [-0.05, 0) is 16.7 Å². The standard InChI is InChI=1S/C30H30N2Si2/c1-33(2,24-12-6-5-7-13-24)34(3,4)25-20-18-23(19-21-25)22-31-32-30-28-16-10-8-14-26(28)27-15-9-11-17-29(27)30/h5-22H,1-4H3/b31-22-. The highest BCUT2D eigenvalue weighted by Gasteiger charge is 2.43. The normalized spacial score (nSPS) is 13.1. The van der Waals surface area contributed by atoms with Gasteiger partial charge in [0.1, 0.15) is 5.71 Å². The Morgan fingerprint density at radius 3 is 1.47 bits per heavy atom. The lowest BCUT2D eigenvalue weighted by atomic mass is 10.1. The smallest absolute Gasteiger partial charge is 0.101 e. The first-order valence-corrected chi connectivity index (χ1v) is 18.9. The molecule has 0 saturated carbocycles. The van der Waals surface area contributed by atoms with Gasteiger partial charge in [0.05, 0.1) is 21.4 Å². The van der Waals surface area contributed by atoms with Crippen LogP contribution in [0.25, 0.3) is 11.1 Å². The second-order valence-electron chi connectivity index (χ2n) is 10.0. The number of fused-ring (bicyclic) bond motifs is 3. The van der Waals surface area contributed by atoms with Crippen molar-refractivity contribution < 1.29 is 0 Å². The molecule has 4 aromatic rings. The third kappa shape index (κ3) is 3.83. The molecule has 0 aromatic heterocycles. The Kier molecular flexibility index (Phi) is 5.80. The van der Waals surface area contributed by atoms with Crippen LogP contribution in [-0.4, -0.2) is 27.1 Å². The second kappa shape index (κ2) is 8.78. The fraction of sp³-hybridized carbons (Fsp3) is 0.133. The third-order valence-corrected chi connectivity index (χ3v) is 25.5. The van der Waals surface area contributed by atoms with Crippen molar-refractivity contribution in [2.24, 2.45) is 10.2 Å². The molecular weight excluding hydrogens is 445 g/mol. The van der Waals surface area contributed by atoms with Gasteiger partial charge in [0.2, 0.25) is 0 Å². The SMILES string of the molecule is C[Si](C)(c1ccccc1)[Si](C)(C)c1ccc(/C=N\N=C2c3ccccc3-c3ccccc32)cc1. The predicted octanol–water partition coefficient (Wildman–Crippen LogP) is 6.15. The van der Waals surface area contributed by atoms with E-state index in [1.54, 1.807) is 5.19 Å². The molecule has 4 aromatic carbocycles. The Labute approximate surface area is 204 Å². The van der Waals surface area contributed by atoms with Crippen molar-refractivity contribution in [1.29, 1.82) is 0 Å². The van der Waals surface area contributed by atoms with Crippen molar-refractivity contribution in [1.82, 2.24) is 0 Å². The lowest BCUT2D eigenvalue weighted by Gasteiger charge is -2.39. The van der Waals surface area contributed by atoms with Crippen LogP contribution in [0.1, 0.15) is 16.7 Å². The zero-order valence-electron chi connectivity index (χ0n) is 20.3. The maximum absolute atomic E-state index is 4.65. The van der Waals surface area contributed by atoms with E-state index in [2.05, 4.69) is 140 Å². The van der Waals surface area contributed by atoms with Gasteiger partial charge in [-0.1, -0.05) is 140 Å². The first-order valence-electron chi connectivity index (χ1n) is 11.9. The number of rotatable bonds is 5. The first-order chi connectivity index (χ1) is 16.4. The van der Waals surface area contributed by atoms with Gasteiger partial charge in [-0.15, -0.1) is 5.10 Å². The average Bonchev–Trinajstić information content (AvgIpc) is 3.19. The van der Waals surface area contributed by atoms with Crippen molar-refractivity contribution in [3.63, 3.8) is 0 Å². The number of nitrogens with zero attached hydrogens (tertiary/aromatic N) is 2. The van der Waals surface area contributed by atoms with Crippen LogP contribution >= 0.6 is 0 Å². The minimum absolute atomic E-state index is 0.947. The molecule has 2 nitrogen and oxygen atoms in total. The van der Waals surface area contributed by atoms with Crippen LogP contribution in [-0.2, 0) is 0 Å². The highest BCUT2D eigenvalue weighted by molar-refractivity contribution is 7.49. The van der Waals surface area contributed by atoms with E-state index >= 15 is 0 Å². The maximum atomic E-state index is 4.65. The molecule has 0 amide bonds. The molecule has 0 fully saturated rings. The van der Waals surface area contributed by atoms with Gasteiger partial charge in [0.15, 0.2) is 0 Å². The molecular formula is C30H30N2Si2. The molecule has 5 rings (SSSR count). The van der Waals surface area contributed by atoms with Crippen LogP contribution < -0.4 is 10.4 Å². The summed E-state index contributed by atoms with van der Waals surface area (Å²) in [6, 6.07) is 37.0. The molecule has 0 aliphatic heterocycles. The summed E-state index contributed by atoms with van der Waals surface area (Å²) in [6.07, 6.45) is 1.87. The number of hydrogen-bond donors (Lipinski definition) is 0. The van der Waals surface area contributed by atoms with Crippen LogP contribution in [0.15, 0.2) is 113 Å². The largest absolute Gasteiger partial charge is 0.158 e. The molecule has 1 aliphatic carbocycles. The lowest BCUT2D eigenvalue weighted by molar-refractivity contribution is 1.25.